The van der Waals surface area contributed by atoms with Crippen molar-refractivity contribution in [3.8, 4) is 0 Å². The zero-order chi connectivity index (χ0) is 16.5. The van der Waals surface area contributed by atoms with Gasteiger partial charge in [-0.15, -0.1) is 0 Å². The molecule has 0 fully saturated rings. The summed E-state index contributed by atoms with van der Waals surface area (Å²) in [5, 5.41) is 0. The lowest BCUT2D eigenvalue weighted by Gasteiger charge is -2.22. The molecule has 6 nitrogen and oxygen atoms in total. The first kappa shape index (κ1) is 19.0. The van der Waals surface area contributed by atoms with Crippen molar-refractivity contribution < 1.29 is 18.9 Å². The third-order valence-corrected chi connectivity index (χ3v) is 3.04. The first-order valence-electron chi connectivity index (χ1n) is 7.90. The molecule has 0 N–H and O–H groups in total. The number of ether oxygens (including phenoxy) is 4. The van der Waals surface area contributed by atoms with E-state index in [2.05, 4.69) is 9.97 Å². The molecule has 0 saturated heterocycles. The van der Waals surface area contributed by atoms with Gasteiger partial charge in [-0.1, -0.05) is 0 Å². The number of aromatic nitrogens is 2. The Morgan fingerprint density at radius 1 is 0.636 bits per heavy atom. The number of nitrogens with zero attached hydrogens (tertiary/aromatic N) is 2. The van der Waals surface area contributed by atoms with E-state index in [4.69, 9.17) is 18.9 Å². The first-order valence-corrected chi connectivity index (χ1v) is 7.90. The zero-order valence-corrected chi connectivity index (χ0v) is 14.5. The van der Waals surface area contributed by atoms with E-state index in [1.807, 2.05) is 41.5 Å². The van der Waals surface area contributed by atoms with E-state index in [0.29, 0.717) is 37.8 Å². The molecule has 0 aliphatic carbocycles. The van der Waals surface area contributed by atoms with Crippen LogP contribution < -0.4 is 0 Å². The minimum atomic E-state index is -0.522. The van der Waals surface area contributed by atoms with Crippen molar-refractivity contribution >= 4 is 0 Å². The molecule has 0 atom stereocenters. The average molecular weight is 312 g/mol. The predicted octanol–water partition coefficient (Wildman–Crippen LogP) is 3.24. The maximum atomic E-state index is 5.64. The second-order valence-corrected chi connectivity index (χ2v) is 4.65. The lowest BCUT2D eigenvalue weighted by molar-refractivity contribution is -0.149. The Morgan fingerprint density at radius 2 is 0.955 bits per heavy atom. The molecular weight excluding hydrogens is 284 g/mol. The third kappa shape index (κ3) is 4.98. The SMILES string of the molecule is CCOC(OCC)c1nc(C(OCC)OCC)c(C)nc1C. The highest BCUT2D eigenvalue weighted by Crippen LogP contribution is 2.25. The molecule has 1 aromatic rings. The average Bonchev–Trinajstić information content (AvgIpc) is 2.47. The number of aryl methyl sites for hydroxylation is 2. The Bertz CT molecular complexity index is 405. The van der Waals surface area contributed by atoms with Crippen LogP contribution in [0.1, 0.15) is 63.1 Å². The molecule has 126 valence electrons. The zero-order valence-electron chi connectivity index (χ0n) is 14.5. The fraction of sp³-hybridized carbons (Fsp3) is 0.750. The summed E-state index contributed by atoms with van der Waals surface area (Å²) in [5.74, 6) is 0. The highest BCUT2D eigenvalue weighted by Gasteiger charge is 2.23. The van der Waals surface area contributed by atoms with Crippen LogP contribution in [-0.4, -0.2) is 36.4 Å². The molecule has 6 heteroatoms. The van der Waals surface area contributed by atoms with Gasteiger partial charge in [0.2, 0.25) is 12.6 Å². The van der Waals surface area contributed by atoms with Crippen molar-refractivity contribution in [1.82, 2.24) is 9.97 Å². The largest absolute Gasteiger partial charge is 0.347 e. The molecular formula is C16H28N2O4. The monoisotopic (exact) mass is 312 g/mol. The van der Waals surface area contributed by atoms with Gasteiger partial charge in [-0.05, 0) is 41.5 Å². The Kier molecular flexibility index (Phi) is 8.48. The van der Waals surface area contributed by atoms with E-state index in [-0.39, 0.29) is 0 Å². The van der Waals surface area contributed by atoms with Crippen LogP contribution in [0.15, 0.2) is 0 Å². The molecule has 0 aliphatic rings. The van der Waals surface area contributed by atoms with Crippen LogP contribution in [0, 0.1) is 13.8 Å². The lowest BCUT2D eigenvalue weighted by Crippen LogP contribution is -2.19. The topological polar surface area (TPSA) is 62.7 Å². The minimum Gasteiger partial charge on any atom is -0.347 e. The molecule has 0 amide bonds. The molecule has 0 spiro atoms. The second-order valence-electron chi connectivity index (χ2n) is 4.65. The summed E-state index contributed by atoms with van der Waals surface area (Å²) in [5.41, 5.74) is 2.93. The van der Waals surface area contributed by atoms with E-state index >= 15 is 0 Å². The Balaban J connectivity index is 3.20. The summed E-state index contributed by atoms with van der Waals surface area (Å²) in [6.07, 6.45) is -1.04. The van der Waals surface area contributed by atoms with E-state index in [9.17, 15) is 0 Å². The van der Waals surface area contributed by atoms with E-state index in [0.717, 1.165) is 11.4 Å². The molecule has 0 radical (unpaired) electrons. The summed E-state index contributed by atoms with van der Waals surface area (Å²) >= 11 is 0. The van der Waals surface area contributed by atoms with Crippen molar-refractivity contribution in [3.63, 3.8) is 0 Å². The fourth-order valence-electron chi connectivity index (χ4n) is 2.12. The normalized spacial score (nSPS) is 11.6. The summed E-state index contributed by atoms with van der Waals surface area (Å²) in [7, 11) is 0. The Labute approximate surface area is 133 Å². The summed E-state index contributed by atoms with van der Waals surface area (Å²) < 4.78 is 22.5. The highest BCUT2D eigenvalue weighted by atomic mass is 16.7. The molecule has 0 saturated carbocycles. The van der Waals surface area contributed by atoms with Gasteiger partial charge in [-0.25, -0.2) is 4.98 Å². The van der Waals surface area contributed by atoms with Gasteiger partial charge in [0.25, 0.3) is 0 Å². The van der Waals surface area contributed by atoms with E-state index in [1.165, 1.54) is 0 Å². The van der Waals surface area contributed by atoms with Crippen molar-refractivity contribution in [2.75, 3.05) is 26.4 Å². The predicted molar refractivity (Wildman–Crippen MR) is 83.5 cm³/mol. The van der Waals surface area contributed by atoms with Gasteiger partial charge in [0.05, 0.1) is 11.4 Å². The van der Waals surface area contributed by atoms with E-state index < -0.39 is 12.6 Å². The van der Waals surface area contributed by atoms with Gasteiger partial charge in [0, 0.05) is 26.4 Å². The van der Waals surface area contributed by atoms with E-state index in [1.54, 1.807) is 0 Å². The maximum absolute atomic E-state index is 5.64. The molecule has 0 unspecified atom stereocenters. The summed E-state index contributed by atoms with van der Waals surface area (Å²) in [6, 6.07) is 0. The van der Waals surface area contributed by atoms with Gasteiger partial charge in [0.1, 0.15) is 11.4 Å². The van der Waals surface area contributed by atoms with Gasteiger partial charge < -0.3 is 18.9 Å². The molecule has 1 rings (SSSR count). The maximum Gasteiger partial charge on any atom is 0.202 e. The lowest BCUT2D eigenvalue weighted by atomic mass is 10.2. The minimum absolute atomic E-state index is 0.522. The van der Waals surface area contributed by atoms with Gasteiger partial charge in [-0.2, -0.15) is 0 Å². The number of hydrogen-bond acceptors (Lipinski definition) is 6. The first-order chi connectivity index (χ1) is 10.6. The van der Waals surface area contributed by atoms with Crippen molar-refractivity contribution in [2.45, 2.75) is 54.1 Å². The van der Waals surface area contributed by atoms with Crippen LogP contribution >= 0.6 is 0 Å². The number of rotatable bonds is 10. The van der Waals surface area contributed by atoms with Crippen LogP contribution in [-0.2, 0) is 18.9 Å². The molecule has 22 heavy (non-hydrogen) atoms. The van der Waals surface area contributed by atoms with Gasteiger partial charge in [-0.3, -0.25) is 4.98 Å². The van der Waals surface area contributed by atoms with Crippen LogP contribution in [0.5, 0.6) is 0 Å². The van der Waals surface area contributed by atoms with Crippen LogP contribution in [0.2, 0.25) is 0 Å². The van der Waals surface area contributed by atoms with Crippen LogP contribution in [0.25, 0.3) is 0 Å². The molecule has 1 aromatic heterocycles. The standard InChI is InChI=1S/C16H28N2O4/c1-7-19-15(20-8-2)13-11(5)17-12(6)14(18-13)16(21-9-3)22-10-4/h15-16H,7-10H2,1-6H3. The molecule has 0 aromatic carbocycles. The van der Waals surface area contributed by atoms with Crippen molar-refractivity contribution in [1.29, 1.82) is 0 Å². The third-order valence-electron chi connectivity index (χ3n) is 3.04. The molecule has 0 aliphatic heterocycles. The highest BCUT2D eigenvalue weighted by molar-refractivity contribution is 5.21. The molecule has 1 heterocycles. The van der Waals surface area contributed by atoms with Crippen molar-refractivity contribution in [2.24, 2.45) is 0 Å². The summed E-state index contributed by atoms with van der Waals surface area (Å²) in [4.78, 5) is 9.25. The second kappa shape index (κ2) is 9.84. The van der Waals surface area contributed by atoms with Crippen LogP contribution in [0.4, 0.5) is 0 Å². The molecule has 0 bridgehead atoms. The van der Waals surface area contributed by atoms with Gasteiger partial charge >= 0.3 is 0 Å². The van der Waals surface area contributed by atoms with Crippen molar-refractivity contribution in [3.05, 3.63) is 22.8 Å². The number of hydrogen-bond donors (Lipinski definition) is 0. The van der Waals surface area contributed by atoms with Crippen LogP contribution in [0.3, 0.4) is 0 Å². The quantitative estimate of drug-likeness (QED) is 0.618. The Morgan fingerprint density at radius 3 is 1.23 bits per heavy atom. The summed E-state index contributed by atoms with van der Waals surface area (Å²) in [6.45, 7) is 13.6. The smallest absolute Gasteiger partial charge is 0.202 e. The fourth-order valence-corrected chi connectivity index (χ4v) is 2.12. The van der Waals surface area contributed by atoms with Gasteiger partial charge in [0.15, 0.2) is 0 Å². The Hall–Kier alpha value is -1.08.